The average molecular weight is 505 g/mol. The Balaban J connectivity index is 1.52. The van der Waals surface area contributed by atoms with E-state index in [4.69, 9.17) is 0 Å². The highest BCUT2D eigenvalue weighted by Gasteiger charge is 2.32. The molecule has 3 heterocycles. The second-order valence-electron chi connectivity index (χ2n) is 9.43. The topological polar surface area (TPSA) is 68.4 Å². The van der Waals surface area contributed by atoms with Crippen LogP contribution in [0.25, 0.3) is 22.8 Å². The van der Waals surface area contributed by atoms with E-state index in [2.05, 4.69) is 29.0 Å². The Morgan fingerprint density at radius 2 is 1.76 bits per heavy atom. The predicted octanol–water partition coefficient (Wildman–Crippen LogP) is 5.10. The van der Waals surface area contributed by atoms with Crippen LogP contribution in [0.4, 0.5) is 14.5 Å². The summed E-state index contributed by atoms with van der Waals surface area (Å²) >= 11 is 0. The maximum Gasteiger partial charge on any atom is 0.256 e. The molecule has 2 amide bonds. The normalized spacial score (nSPS) is 15.9. The fourth-order valence-corrected chi connectivity index (χ4v) is 5.29. The van der Waals surface area contributed by atoms with Crippen molar-refractivity contribution in [2.75, 3.05) is 38.0 Å². The van der Waals surface area contributed by atoms with Gasteiger partial charge in [0.2, 0.25) is 0 Å². The van der Waals surface area contributed by atoms with Gasteiger partial charge in [-0.15, -0.1) is 0 Å². The molecular weight excluding hydrogens is 474 g/mol. The van der Waals surface area contributed by atoms with E-state index in [-0.39, 0.29) is 17.4 Å². The predicted molar refractivity (Wildman–Crippen MR) is 141 cm³/mol. The molecule has 0 aliphatic carbocycles. The first-order chi connectivity index (χ1) is 17.8. The lowest BCUT2D eigenvalue weighted by Crippen LogP contribution is -2.42. The van der Waals surface area contributed by atoms with Crippen LogP contribution in [0.15, 0.2) is 36.4 Å². The number of nitrogens with zero attached hydrogens (tertiary/aromatic N) is 2. The summed E-state index contributed by atoms with van der Waals surface area (Å²) in [5.74, 6) is -2.25. The number of fused-ring (bicyclic) bond motifs is 2. The van der Waals surface area contributed by atoms with Crippen LogP contribution in [0, 0.1) is 18.6 Å². The molecule has 8 heteroatoms. The summed E-state index contributed by atoms with van der Waals surface area (Å²) in [5.41, 5.74) is 4.83. The van der Waals surface area contributed by atoms with E-state index in [0.717, 1.165) is 37.0 Å². The standard InChI is InChI=1S/C29H30F2N4O2/c1-4-34(5-2)14-15-35-13-12-23-25(29(35)37)17(3)24(32-23)16-20-26-18(8-7-11-22(26)33-28(20)36)19-9-6-10-21(30)27(19)31/h6-11,16,32H,4-5,12-15H2,1-3H3,(H,33,36)/b20-16-. The van der Waals surface area contributed by atoms with E-state index < -0.39 is 11.6 Å². The zero-order valence-corrected chi connectivity index (χ0v) is 21.3. The lowest BCUT2D eigenvalue weighted by atomic mass is 9.93. The van der Waals surface area contributed by atoms with Crippen LogP contribution >= 0.6 is 0 Å². The van der Waals surface area contributed by atoms with Crippen LogP contribution in [0.2, 0.25) is 0 Å². The Kier molecular flexibility index (Phi) is 6.69. The minimum Gasteiger partial charge on any atom is -0.358 e. The van der Waals surface area contributed by atoms with Gasteiger partial charge in [0.1, 0.15) is 0 Å². The maximum atomic E-state index is 14.7. The molecule has 0 radical (unpaired) electrons. The summed E-state index contributed by atoms with van der Waals surface area (Å²) in [7, 11) is 0. The smallest absolute Gasteiger partial charge is 0.256 e. The number of aromatic nitrogens is 1. The number of amides is 2. The van der Waals surface area contributed by atoms with Gasteiger partial charge in [0, 0.05) is 54.3 Å². The molecule has 0 unspecified atom stereocenters. The number of nitrogens with one attached hydrogen (secondary N) is 2. The molecule has 0 fully saturated rings. The number of aromatic amines is 1. The van der Waals surface area contributed by atoms with E-state index in [1.165, 1.54) is 12.1 Å². The van der Waals surface area contributed by atoms with Gasteiger partial charge in [-0.2, -0.15) is 0 Å². The van der Waals surface area contributed by atoms with Gasteiger partial charge in [-0.1, -0.05) is 38.1 Å². The Hall–Kier alpha value is -3.78. The molecule has 0 atom stereocenters. The zero-order valence-electron chi connectivity index (χ0n) is 21.3. The number of hydrogen-bond acceptors (Lipinski definition) is 3. The number of likely N-dealkylation sites (N-methyl/N-ethyl adjacent to an activating group) is 1. The van der Waals surface area contributed by atoms with Crippen molar-refractivity contribution in [3.8, 4) is 11.1 Å². The molecule has 2 aliphatic rings. The highest BCUT2D eigenvalue weighted by molar-refractivity contribution is 6.36. The first kappa shape index (κ1) is 24.9. The molecule has 1 aromatic heterocycles. The zero-order chi connectivity index (χ0) is 26.3. The number of carbonyl (C=O) groups excluding carboxylic acids is 2. The van der Waals surface area contributed by atoms with E-state index in [0.29, 0.717) is 53.2 Å². The van der Waals surface area contributed by atoms with Crippen molar-refractivity contribution in [2.45, 2.75) is 27.2 Å². The fraction of sp³-hybridized carbons (Fsp3) is 0.310. The molecule has 2 aliphatic heterocycles. The Bertz CT molecular complexity index is 1420. The van der Waals surface area contributed by atoms with E-state index >= 15 is 0 Å². The van der Waals surface area contributed by atoms with Crippen molar-refractivity contribution in [1.82, 2.24) is 14.8 Å². The summed E-state index contributed by atoms with van der Waals surface area (Å²) in [4.78, 5) is 33.9. The molecule has 2 N–H and O–H groups in total. The Morgan fingerprint density at radius 3 is 2.51 bits per heavy atom. The van der Waals surface area contributed by atoms with Crippen LogP contribution in [-0.2, 0) is 11.2 Å². The van der Waals surface area contributed by atoms with Crippen LogP contribution in [0.1, 0.15) is 46.7 Å². The van der Waals surface area contributed by atoms with Crippen molar-refractivity contribution in [3.05, 3.63) is 76.1 Å². The van der Waals surface area contributed by atoms with Gasteiger partial charge < -0.3 is 20.1 Å². The molecule has 5 rings (SSSR count). The average Bonchev–Trinajstić information content (AvgIpc) is 3.39. The molecular formula is C29H30F2N4O2. The molecule has 0 spiro atoms. The molecule has 37 heavy (non-hydrogen) atoms. The quantitative estimate of drug-likeness (QED) is 0.440. The van der Waals surface area contributed by atoms with Crippen LogP contribution in [0.3, 0.4) is 0 Å². The Morgan fingerprint density at radius 1 is 1.03 bits per heavy atom. The number of halogens is 2. The van der Waals surface area contributed by atoms with Crippen LogP contribution < -0.4 is 5.32 Å². The van der Waals surface area contributed by atoms with E-state index in [1.54, 1.807) is 24.3 Å². The molecule has 0 bridgehead atoms. The van der Waals surface area contributed by atoms with Gasteiger partial charge in [0.05, 0.1) is 11.1 Å². The van der Waals surface area contributed by atoms with Crippen LogP contribution in [-0.4, -0.2) is 59.3 Å². The summed E-state index contributed by atoms with van der Waals surface area (Å²) < 4.78 is 28.7. The monoisotopic (exact) mass is 504 g/mol. The van der Waals surface area contributed by atoms with Crippen LogP contribution in [0.5, 0.6) is 0 Å². The van der Waals surface area contributed by atoms with Gasteiger partial charge in [-0.25, -0.2) is 8.78 Å². The number of hydrogen-bond donors (Lipinski definition) is 2. The van der Waals surface area contributed by atoms with Crippen molar-refractivity contribution < 1.29 is 18.4 Å². The third kappa shape index (κ3) is 4.35. The highest BCUT2D eigenvalue weighted by atomic mass is 19.2. The minimum absolute atomic E-state index is 0.00870. The van der Waals surface area contributed by atoms with Crippen molar-refractivity contribution in [3.63, 3.8) is 0 Å². The van der Waals surface area contributed by atoms with Crippen molar-refractivity contribution in [1.29, 1.82) is 0 Å². The van der Waals surface area contributed by atoms with E-state index in [9.17, 15) is 18.4 Å². The third-order valence-corrected chi connectivity index (χ3v) is 7.44. The maximum absolute atomic E-state index is 14.7. The summed E-state index contributed by atoms with van der Waals surface area (Å²) in [6, 6.07) is 9.12. The van der Waals surface area contributed by atoms with Gasteiger partial charge in [-0.3, -0.25) is 9.59 Å². The lowest BCUT2D eigenvalue weighted by molar-refractivity contribution is -0.110. The summed E-state index contributed by atoms with van der Waals surface area (Å²) in [6.07, 6.45) is 2.41. The second kappa shape index (κ2) is 9.94. The number of anilines is 1. The third-order valence-electron chi connectivity index (χ3n) is 7.44. The molecule has 0 saturated carbocycles. The Labute approximate surface area is 215 Å². The van der Waals surface area contributed by atoms with Gasteiger partial charge in [-0.05, 0) is 49.3 Å². The van der Waals surface area contributed by atoms with E-state index in [1.807, 2.05) is 11.8 Å². The molecule has 6 nitrogen and oxygen atoms in total. The summed E-state index contributed by atoms with van der Waals surface area (Å²) in [6.45, 7) is 10.1. The first-order valence-corrected chi connectivity index (χ1v) is 12.7. The molecule has 192 valence electrons. The van der Waals surface area contributed by atoms with Crippen molar-refractivity contribution in [2.24, 2.45) is 0 Å². The SMILES string of the molecule is CCN(CC)CCN1CCc2[nH]c(/C=C3\C(=O)Nc4cccc(-c5cccc(F)c5F)c43)c(C)c2C1=O. The van der Waals surface area contributed by atoms with Gasteiger partial charge in [0.15, 0.2) is 11.6 Å². The first-order valence-electron chi connectivity index (χ1n) is 12.7. The largest absolute Gasteiger partial charge is 0.358 e. The lowest BCUT2D eigenvalue weighted by Gasteiger charge is -2.29. The van der Waals surface area contributed by atoms with Crippen molar-refractivity contribution >= 4 is 29.2 Å². The summed E-state index contributed by atoms with van der Waals surface area (Å²) in [5, 5.41) is 2.83. The molecule has 3 aromatic rings. The molecule has 0 saturated heterocycles. The molecule has 2 aromatic carbocycles. The number of rotatable bonds is 7. The fourth-order valence-electron chi connectivity index (χ4n) is 5.29. The van der Waals surface area contributed by atoms with Gasteiger partial charge >= 0.3 is 0 Å². The minimum atomic E-state index is -0.962. The van der Waals surface area contributed by atoms with Gasteiger partial charge in [0.25, 0.3) is 11.8 Å². The number of H-pyrrole nitrogens is 1. The number of carbonyl (C=O) groups is 2. The second-order valence-corrected chi connectivity index (χ2v) is 9.43. The number of benzene rings is 2. The highest BCUT2D eigenvalue weighted by Crippen LogP contribution is 2.42.